The van der Waals surface area contributed by atoms with Crippen molar-refractivity contribution in [1.29, 1.82) is 0 Å². The first-order chi connectivity index (χ1) is 11.4. The Balaban J connectivity index is 1.90. The van der Waals surface area contributed by atoms with E-state index in [1.165, 1.54) is 0 Å². The molecule has 0 aliphatic carbocycles. The summed E-state index contributed by atoms with van der Waals surface area (Å²) in [6, 6.07) is 8.12. The largest absolute Gasteiger partial charge is 0.338 e. The van der Waals surface area contributed by atoms with Gasteiger partial charge in [0.25, 0.3) is 0 Å². The van der Waals surface area contributed by atoms with Gasteiger partial charge in [0, 0.05) is 12.0 Å². The summed E-state index contributed by atoms with van der Waals surface area (Å²) in [5.41, 5.74) is 1.96. The van der Waals surface area contributed by atoms with Crippen molar-refractivity contribution in [3.8, 4) is 0 Å². The van der Waals surface area contributed by atoms with Crippen LogP contribution in [0.1, 0.15) is 44.7 Å². The molecule has 0 N–H and O–H groups in total. The highest BCUT2D eigenvalue weighted by Crippen LogP contribution is 2.36. The van der Waals surface area contributed by atoms with Gasteiger partial charge in [-0.1, -0.05) is 55.9 Å². The third kappa shape index (κ3) is 3.24. The van der Waals surface area contributed by atoms with Crippen molar-refractivity contribution in [1.82, 2.24) is 19.7 Å². The van der Waals surface area contributed by atoms with Crippen LogP contribution in [0.3, 0.4) is 0 Å². The molecule has 126 valence electrons. The van der Waals surface area contributed by atoms with Crippen molar-refractivity contribution in [2.45, 2.75) is 50.1 Å². The molecule has 2 heterocycles. The molecular formula is C18H22N4OS. The van der Waals surface area contributed by atoms with E-state index in [1.54, 1.807) is 11.8 Å². The summed E-state index contributed by atoms with van der Waals surface area (Å²) in [5.74, 6) is 1.35. The van der Waals surface area contributed by atoms with Gasteiger partial charge in [0.15, 0.2) is 11.0 Å². The number of hydrogen-bond donors (Lipinski definition) is 0. The Kier molecular flexibility index (Phi) is 4.49. The van der Waals surface area contributed by atoms with E-state index in [0.717, 1.165) is 22.0 Å². The highest BCUT2D eigenvalue weighted by molar-refractivity contribution is 7.99. The Labute approximate surface area is 146 Å². The molecule has 1 aromatic carbocycles. The molecule has 0 fully saturated rings. The van der Waals surface area contributed by atoms with Gasteiger partial charge < -0.3 is 9.09 Å². The predicted octanol–water partition coefficient (Wildman–Crippen LogP) is 4.76. The first kappa shape index (κ1) is 16.8. The minimum atomic E-state index is -0.123. The third-order valence-corrected chi connectivity index (χ3v) is 4.75. The minimum absolute atomic E-state index is 0.0222. The fraction of sp³-hybridized carbons (Fsp3) is 0.389. The maximum Gasteiger partial charge on any atom is 0.239 e. The highest BCUT2D eigenvalue weighted by atomic mass is 32.2. The van der Waals surface area contributed by atoms with E-state index >= 15 is 0 Å². The van der Waals surface area contributed by atoms with Crippen LogP contribution >= 0.6 is 11.8 Å². The molecule has 0 spiro atoms. The molecule has 3 aromatic rings. The minimum Gasteiger partial charge on any atom is -0.338 e. The Bertz CT molecular complexity index is 859. The second-order valence-electron chi connectivity index (χ2n) is 6.75. The van der Waals surface area contributed by atoms with Crippen LogP contribution in [0.15, 0.2) is 46.6 Å². The highest BCUT2D eigenvalue weighted by Gasteiger charge is 2.24. The molecule has 6 heteroatoms. The van der Waals surface area contributed by atoms with E-state index in [-0.39, 0.29) is 10.7 Å². The molecular weight excluding hydrogens is 320 g/mol. The number of imidazole rings is 1. The lowest BCUT2D eigenvalue weighted by atomic mass is 9.96. The Hall–Kier alpha value is -2.08. The van der Waals surface area contributed by atoms with Crippen LogP contribution in [0.5, 0.6) is 0 Å². The molecule has 1 atom stereocenters. The number of rotatable bonds is 5. The van der Waals surface area contributed by atoms with E-state index in [1.807, 2.05) is 24.3 Å². The molecule has 0 amide bonds. The molecule has 2 aromatic heterocycles. The zero-order valence-corrected chi connectivity index (χ0v) is 15.3. The summed E-state index contributed by atoms with van der Waals surface area (Å²) in [4.78, 5) is 9.29. The molecule has 0 saturated heterocycles. The topological polar surface area (TPSA) is 56.7 Å². The zero-order valence-electron chi connectivity index (χ0n) is 14.5. The molecule has 0 aliphatic heterocycles. The fourth-order valence-electron chi connectivity index (χ4n) is 2.36. The van der Waals surface area contributed by atoms with Crippen molar-refractivity contribution in [2.24, 2.45) is 0 Å². The molecule has 1 unspecified atom stereocenters. The molecule has 0 bridgehead atoms. The monoisotopic (exact) mass is 342 g/mol. The van der Waals surface area contributed by atoms with Crippen molar-refractivity contribution < 1.29 is 4.52 Å². The number of nitrogens with zero attached hydrogens (tertiary/aromatic N) is 4. The third-order valence-electron chi connectivity index (χ3n) is 3.67. The number of allylic oxidation sites excluding steroid dienone is 1. The number of aromatic nitrogens is 4. The number of thioether (sulfide) groups is 1. The van der Waals surface area contributed by atoms with E-state index in [0.29, 0.717) is 12.4 Å². The molecule has 5 nitrogen and oxygen atoms in total. The molecule has 0 radical (unpaired) electrons. The summed E-state index contributed by atoms with van der Waals surface area (Å²) in [5, 5.41) is 5.06. The van der Waals surface area contributed by atoms with Crippen LogP contribution in [0.25, 0.3) is 11.0 Å². The van der Waals surface area contributed by atoms with Gasteiger partial charge in [-0.25, -0.2) is 4.98 Å². The van der Waals surface area contributed by atoms with Crippen LogP contribution in [-0.2, 0) is 12.0 Å². The van der Waals surface area contributed by atoms with Crippen LogP contribution in [0, 0.1) is 0 Å². The van der Waals surface area contributed by atoms with Gasteiger partial charge in [0.2, 0.25) is 5.89 Å². The van der Waals surface area contributed by atoms with Gasteiger partial charge in [0.05, 0.1) is 16.3 Å². The predicted molar refractivity (Wildman–Crippen MR) is 97.2 cm³/mol. The van der Waals surface area contributed by atoms with Gasteiger partial charge in [-0.3, -0.25) is 0 Å². The maximum absolute atomic E-state index is 5.46. The van der Waals surface area contributed by atoms with E-state index in [9.17, 15) is 0 Å². The van der Waals surface area contributed by atoms with Gasteiger partial charge in [-0.05, 0) is 19.1 Å². The van der Waals surface area contributed by atoms with E-state index < -0.39 is 0 Å². The lowest BCUT2D eigenvalue weighted by Gasteiger charge is -2.11. The van der Waals surface area contributed by atoms with Crippen molar-refractivity contribution in [3.05, 3.63) is 48.6 Å². The second-order valence-corrected chi connectivity index (χ2v) is 8.06. The lowest BCUT2D eigenvalue weighted by Crippen LogP contribution is -2.13. The Morgan fingerprint density at radius 3 is 2.71 bits per heavy atom. The van der Waals surface area contributed by atoms with Gasteiger partial charge in [0.1, 0.15) is 0 Å². The van der Waals surface area contributed by atoms with Crippen molar-refractivity contribution in [3.63, 3.8) is 0 Å². The fourth-order valence-corrected chi connectivity index (χ4v) is 3.33. The van der Waals surface area contributed by atoms with Gasteiger partial charge in [-0.15, -0.1) is 6.58 Å². The zero-order chi connectivity index (χ0) is 17.3. The van der Waals surface area contributed by atoms with Crippen molar-refractivity contribution in [2.75, 3.05) is 0 Å². The number of benzene rings is 1. The smallest absolute Gasteiger partial charge is 0.239 e. The molecule has 0 aliphatic rings. The summed E-state index contributed by atoms with van der Waals surface area (Å²) < 4.78 is 7.62. The Morgan fingerprint density at radius 1 is 1.29 bits per heavy atom. The second kappa shape index (κ2) is 6.43. The lowest BCUT2D eigenvalue weighted by molar-refractivity contribution is 0.364. The standard InChI is InChI=1S/C18H22N4OS/c1-6-11-22-14-10-8-7-9-13(14)19-17(22)24-12(2)15-20-16(21-23-15)18(3,4)5/h6-10,12H,1,11H2,2-5H3. The normalized spacial score (nSPS) is 13.3. The maximum atomic E-state index is 5.46. The quantitative estimate of drug-likeness (QED) is 0.494. The SMILES string of the molecule is C=CCn1c(SC(C)c2nc(C(C)(C)C)no2)nc2ccccc21. The van der Waals surface area contributed by atoms with Crippen molar-refractivity contribution >= 4 is 22.8 Å². The van der Waals surface area contributed by atoms with E-state index in [2.05, 4.69) is 55.0 Å². The summed E-state index contributed by atoms with van der Waals surface area (Å²) in [6.07, 6.45) is 1.88. The summed E-state index contributed by atoms with van der Waals surface area (Å²) >= 11 is 1.62. The van der Waals surface area contributed by atoms with Crippen LogP contribution in [0.2, 0.25) is 0 Å². The van der Waals surface area contributed by atoms with Crippen LogP contribution in [-0.4, -0.2) is 19.7 Å². The summed E-state index contributed by atoms with van der Waals surface area (Å²) in [7, 11) is 0. The average molecular weight is 342 g/mol. The van der Waals surface area contributed by atoms with Crippen LogP contribution < -0.4 is 0 Å². The molecule has 3 rings (SSSR count). The van der Waals surface area contributed by atoms with Gasteiger partial charge >= 0.3 is 0 Å². The first-order valence-electron chi connectivity index (χ1n) is 7.97. The molecule has 0 saturated carbocycles. The number of hydrogen-bond acceptors (Lipinski definition) is 5. The van der Waals surface area contributed by atoms with E-state index in [4.69, 9.17) is 9.51 Å². The number of para-hydroxylation sites is 2. The number of fused-ring (bicyclic) bond motifs is 1. The Morgan fingerprint density at radius 2 is 2.04 bits per heavy atom. The first-order valence-corrected chi connectivity index (χ1v) is 8.85. The molecule has 24 heavy (non-hydrogen) atoms. The van der Waals surface area contributed by atoms with Gasteiger partial charge in [-0.2, -0.15) is 4.98 Å². The summed E-state index contributed by atoms with van der Waals surface area (Å²) in [6.45, 7) is 12.8. The average Bonchev–Trinajstić information content (AvgIpc) is 3.13. The van der Waals surface area contributed by atoms with Crippen LogP contribution in [0.4, 0.5) is 0 Å².